The number of hydrogen-bond donors (Lipinski definition) is 4. The Balaban J connectivity index is 2.35. The molecule has 0 aromatic carbocycles. The second-order valence-corrected chi connectivity index (χ2v) is 4.85. The van der Waals surface area contributed by atoms with Crippen LogP contribution in [0.15, 0.2) is 6.07 Å². The van der Waals surface area contributed by atoms with Crippen LogP contribution in [0.5, 0.6) is 5.88 Å². The minimum atomic E-state index is -0.851. The number of rotatable bonds is 7. The number of carbonyl (C=O) groups is 1. The Morgan fingerprint density at radius 1 is 1.48 bits per heavy atom. The topological polar surface area (TPSA) is 121 Å². The van der Waals surface area contributed by atoms with E-state index in [0.717, 1.165) is 0 Å². The number of hydrogen-bond acceptors (Lipinski definition) is 6. The molecule has 23 heavy (non-hydrogen) atoms. The maximum Gasteiger partial charge on any atom is 0.320 e. The highest BCUT2D eigenvalue weighted by Gasteiger charge is 2.18. The molecule has 0 aliphatic rings. The third-order valence-corrected chi connectivity index (χ3v) is 3.04. The smallest absolute Gasteiger partial charge is 0.320 e. The van der Waals surface area contributed by atoms with E-state index in [1.807, 2.05) is 6.92 Å². The van der Waals surface area contributed by atoms with Crippen LogP contribution >= 0.6 is 0 Å². The molecule has 0 bridgehead atoms. The molecule has 2 heterocycles. The van der Waals surface area contributed by atoms with Crippen LogP contribution in [-0.2, 0) is 4.74 Å². The molecule has 0 spiro atoms. The summed E-state index contributed by atoms with van der Waals surface area (Å²) in [4.78, 5) is 15.9. The van der Waals surface area contributed by atoms with Crippen molar-refractivity contribution < 1.29 is 19.4 Å². The molecule has 126 valence electrons. The third-order valence-electron chi connectivity index (χ3n) is 3.04. The lowest BCUT2D eigenvalue weighted by Gasteiger charge is -2.11. The molecule has 2 aromatic heterocycles. The number of carbonyl (C=O) groups excluding carboxylic acids is 1. The Bertz CT molecular complexity index is 670. The van der Waals surface area contributed by atoms with Crippen molar-refractivity contribution in [2.24, 2.45) is 0 Å². The third kappa shape index (κ3) is 4.08. The molecule has 0 saturated heterocycles. The Labute approximate surface area is 133 Å². The summed E-state index contributed by atoms with van der Waals surface area (Å²) in [6, 6.07) is 1.26. The van der Waals surface area contributed by atoms with Crippen molar-refractivity contribution in [3.05, 3.63) is 11.8 Å². The van der Waals surface area contributed by atoms with Gasteiger partial charge in [0.25, 0.3) is 0 Å². The van der Waals surface area contributed by atoms with E-state index in [1.165, 1.54) is 0 Å². The van der Waals surface area contributed by atoms with Gasteiger partial charge >= 0.3 is 6.03 Å². The summed E-state index contributed by atoms with van der Waals surface area (Å²) in [6.45, 7) is 4.65. The van der Waals surface area contributed by atoms with Crippen LogP contribution in [0.4, 0.5) is 10.6 Å². The number of nitrogens with one attached hydrogen (secondary N) is 3. The number of ether oxygens (including phenoxy) is 2. The Hall–Kier alpha value is -2.39. The summed E-state index contributed by atoms with van der Waals surface area (Å²) in [5.41, 5.74) is 0.977. The number of pyridine rings is 1. The van der Waals surface area contributed by atoms with Gasteiger partial charge in [0.1, 0.15) is 12.4 Å². The number of nitrogens with zero attached hydrogens (tertiary/aromatic N) is 2. The van der Waals surface area contributed by atoms with Crippen molar-refractivity contribution in [1.29, 1.82) is 0 Å². The SMILES string of the molecule is CCNC(=O)Nc1cc2[nH]nc(OCCOC)c2c(C(C)O)n1. The summed E-state index contributed by atoms with van der Waals surface area (Å²) < 4.78 is 10.5. The lowest BCUT2D eigenvalue weighted by molar-refractivity contribution is 0.144. The summed E-state index contributed by atoms with van der Waals surface area (Å²) in [7, 11) is 1.58. The zero-order chi connectivity index (χ0) is 16.8. The van der Waals surface area contributed by atoms with Crippen LogP contribution in [0.2, 0.25) is 0 Å². The van der Waals surface area contributed by atoms with Crippen molar-refractivity contribution in [2.75, 3.05) is 32.2 Å². The Morgan fingerprint density at radius 2 is 2.26 bits per heavy atom. The molecule has 2 amide bonds. The first-order valence-corrected chi connectivity index (χ1v) is 7.30. The molecule has 4 N–H and O–H groups in total. The Kier molecular flexibility index (Phi) is 5.72. The minimum Gasteiger partial charge on any atom is -0.474 e. The second-order valence-electron chi connectivity index (χ2n) is 4.85. The highest BCUT2D eigenvalue weighted by atomic mass is 16.5. The number of aromatic amines is 1. The molecule has 0 saturated carbocycles. The highest BCUT2D eigenvalue weighted by molar-refractivity contribution is 5.93. The summed E-state index contributed by atoms with van der Waals surface area (Å²) >= 11 is 0. The number of aliphatic hydroxyl groups excluding tert-OH is 1. The Morgan fingerprint density at radius 3 is 2.91 bits per heavy atom. The van der Waals surface area contributed by atoms with Crippen LogP contribution < -0.4 is 15.4 Å². The van der Waals surface area contributed by atoms with E-state index in [4.69, 9.17) is 9.47 Å². The highest BCUT2D eigenvalue weighted by Crippen LogP contribution is 2.31. The maximum absolute atomic E-state index is 11.6. The lowest BCUT2D eigenvalue weighted by atomic mass is 10.1. The van der Waals surface area contributed by atoms with Gasteiger partial charge in [0.05, 0.1) is 29.3 Å². The van der Waals surface area contributed by atoms with Gasteiger partial charge in [-0.1, -0.05) is 0 Å². The number of urea groups is 1. The average Bonchev–Trinajstić information content (AvgIpc) is 2.90. The van der Waals surface area contributed by atoms with Crippen molar-refractivity contribution in [3.63, 3.8) is 0 Å². The van der Waals surface area contributed by atoms with E-state index in [0.29, 0.717) is 48.1 Å². The van der Waals surface area contributed by atoms with Crippen LogP contribution in [0.25, 0.3) is 10.9 Å². The van der Waals surface area contributed by atoms with E-state index in [-0.39, 0.29) is 6.03 Å². The molecule has 0 radical (unpaired) electrons. The largest absolute Gasteiger partial charge is 0.474 e. The van der Waals surface area contributed by atoms with Gasteiger partial charge in [-0.2, -0.15) is 0 Å². The lowest BCUT2D eigenvalue weighted by Crippen LogP contribution is -2.28. The standard InChI is InChI=1S/C14H21N5O4/c1-4-15-14(21)17-10-7-9-11(12(16-10)8(2)20)13(19-18-9)23-6-5-22-3/h7-8,20H,4-6H2,1-3H3,(H,18,19)(H2,15,16,17,21). The van der Waals surface area contributed by atoms with Gasteiger partial charge in [-0.3, -0.25) is 10.4 Å². The molecule has 1 unspecified atom stereocenters. The van der Waals surface area contributed by atoms with Crippen molar-refractivity contribution in [1.82, 2.24) is 20.5 Å². The molecular weight excluding hydrogens is 302 g/mol. The van der Waals surface area contributed by atoms with Gasteiger partial charge in [0, 0.05) is 19.7 Å². The van der Waals surface area contributed by atoms with Gasteiger partial charge in [-0.25, -0.2) is 9.78 Å². The van der Waals surface area contributed by atoms with Gasteiger partial charge in [-0.05, 0) is 13.8 Å². The number of aliphatic hydroxyl groups is 1. The monoisotopic (exact) mass is 323 g/mol. The molecular formula is C14H21N5O4. The predicted molar refractivity (Wildman–Crippen MR) is 84.6 cm³/mol. The van der Waals surface area contributed by atoms with E-state index in [9.17, 15) is 9.90 Å². The number of H-pyrrole nitrogens is 1. The first-order chi connectivity index (χ1) is 11.1. The van der Waals surface area contributed by atoms with Gasteiger partial charge < -0.3 is 19.9 Å². The molecule has 2 rings (SSSR count). The normalized spacial score (nSPS) is 12.2. The van der Waals surface area contributed by atoms with Gasteiger partial charge in [0.2, 0.25) is 5.88 Å². The summed E-state index contributed by atoms with van der Waals surface area (Å²) in [6.07, 6.45) is -0.851. The second kappa shape index (κ2) is 7.75. The fourth-order valence-corrected chi connectivity index (χ4v) is 2.06. The van der Waals surface area contributed by atoms with Crippen LogP contribution in [0.1, 0.15) is 25.6 Å². The zero-order valence-electron chi connectivity index (χ0n) is 13.3. The molecule has 0 aliphatic carbocycles. The number of amides is 2. The quantitative estimate of drug-likeness (QED) is 0.568. The molecule has 9 nitrogen and oxygen atoms in total. The maximum atomic E-state index is 11.6. The molecule has 0 fully saturated rings. The van der Waals surface area contributed by atoms with E-state index >= 15 is 0 Å². The number of aromatic nitrogens is 3. The minimum absolute atomic E-state index is 0.312. The fourth-order valence-electron chi connectivity index (χ4n) is 2.06. The van der Waals surface area contributed by atoms with E-state index < -0.39 is 6.10 Å². The van der Waals surface area contributed by atoms with Gasteiger partial charge in [0.15, 0.2) is 0 Å². The fraction of sp³-hybridized carbons (Fsp3) is 0.500. The van der Waals surface area contributed by atoms with Crippen LogP contribution in [0.3, 0.4) is 0 Å². The number of anilines is 1. The molecule has 0 aliphatic heterocycles. The van der Waals surface area contributed by atoms with Gasteiger partial charge in [-0.15, -0.1) is 5.10 Å². The summed E-state index contributed by atoms with van der Waals surface area (Å²) in [5.74, 6) is 0.649. The van der Waals surface area contributed by atoms with Crippen molar-refractivity contribution in [2.45, 2.75) is 20.0 Å². The predicted octanol–water partition coefficient (Wildman–Crippen LogP) is 1.18. The average molecular weight is 323 g/mol. The van der Waals surface area contributed by atoms with E-state index in [1.54, 1.807) is 20.1 Å². The molecule has 9 heteroatoms. The first-order valence-electron chi connectivity index (χ1n) is 7.30. The van der Waals surface area contributed by atoms with Crippen molar-refractivity contribution >= 4 is 22.8 Å². The molecule has 2 aromatic rings. The van der Waals surface area contributed by atoms with E-state index in [2.05, 4.69) is 25.8 Å². The summed E-state index contributed by atoms with van der Waals surface area (Å²) in [5, 5.41) is 22.7. The number of fused-ring (bicyclic) bond motifs is 1. The van der Waals surface area contributed by atoms with Crippen LogP contribution in [0, 0.1) is 0 Å². The zero-order valence-corrected chi connectivity index (χ0v) is 13.3. The van der Waals surface area contributed by atoms with Crippen molar-refractivity contribution in [3.8, 4) is 5.88 Å². The first kappa shape index (κ1) is 17.0. The number of methoxy groups -OCH3 is 1. The van der Waals surface area contributed by atoms with Crippen LogP contribution in [-0.4, -0.2) is 53.2 Å². The molecule has 1 atom stereocenters.